The minimum Gasteiger partial charge on any atom is -0.399 e. The van der Waals surface area contributed by atoms with Gasteiger partial charge < -0.3 is 15.5 Å². The number of benzene rings is 1. The Morgan fingerprint density at radius 3 is 2.44 bits per heavy atom. The number of hydrogen-bond donors (Lipinski definition) is 1. The maximum absolute atomic E-state index is 12.6. The van der Waals surface area contributed by atoms with Gasteiger partial charge in [-0.15, -0.1) is 0 Å². The number of rotatable bonds is 7. The van der Waals surface area contributed by atoms with Gasteiger partial charge in [0.05, 0.1) is 17.5 Å². The lowest BCUT2D eigenvalue weighted by Gasteiger charge is -2.28. The quantitative estimate of drug-likeness (QED) is 0.799. The number of oxime groups is 1. The first-order chi connectivity index (χ1) is 12.5. The van der Waals surface area contributed by atoms with Gasteiger partial charge in [-0.3, -0.25) is 9.59 Å². The van der Waals surface area contributed by atoms with Crippen LogP contribution in [0.1, 0.15) is 45.2 Å². The standard InChI is InChI=1S/C21H29N3O3/c1-13(15(3)25)12-24(6)19(26)11-18-21(4,5)20(23-27-18)17-9-7-16(8-10-17)14(2)22/h7-10,13,18H,2,11-12,22H2,1,3-6H3. The number of Topliss-reactive ketones (excluding diaryl/α,β-unsaturated/α-hetero) is 1. The van der Waals surface area contributed by atoms with Crippen molar-refractivity contribution < 1.29 is 14.4 Å². The van der Waals surface area contributed by atoms with Gasteiger partial charge in [-0.1, -0.05) is 56.8 Å². The van der Waals surface area contributed by atoms with Crippen LogP contribution >= 0.6 is 0 Å². The van der Waals surface area contributed by atoms with E-state index in [0.717, 1.165) is 16.8 Å². The molecule has 0 fully saturated rings. The molecule has 2 rings (SSSR count). The summed E-state index contributed by atoms with van der Waals surface area (Å²) in [6.07, 6.45) is -0.155. The number of carbonyl (C=O) groups excluding carboxylic acids is 2. The molecule has 146 valence electrons. The molecule has 2 N–H and O–H groups in total. The second-order valence-corrected chi connectivity index (χ2v) is 7.85. The minimum atomic E-state index is -0.427. The summed E-state index contributed by atoms with van der Waals surface area (Å²) in [5.74, 6) is -0.173. The topological polar surface area (TPSA) is 85.0 Å². The van der Waals surface area contributed by atoms with Crippen LogP contribution in [0.5, 0.6) is 0 Å². The summed E-state index contributed by atoms with van der Waals surface area (Å²) in [4.78, 5) is 31.2. The fourth-order valence-electron chi connectivity index (χ4n) is 3.03. The predicted molar refractivity (Wildman–Crippen MR) is 107 cm³/mol. The zero-order chi connectivity index (χ0) is 20.4. The molecule has 2 unspecified atom stereocenters. The molecular formula is C21H29N3O3. The molecule has 1 aromatic carbocycles. The van der Waals surface area contributed by atoms with Crippen molar-refractivity contribution in [3.63, 3.8) is 0 Å². The summed E-state index contributed by atoms with van der Waals surface area (Å²) in [6, 6.07) is 7.65. The highest BCUT2D eigenvalue weighted by Gasteiger charge is 2.44. The fourth-order valence-corrected chi connectivity index (χ4v) is 3.03. The number of amides is 1. The Balaban J connectivity index is 2.06. The number of carbonyl (C=O) groups is 2. The molecule has 1 heterocycles. The molecule has 1 aliphatic rings. The Hall–Kier alpha value is -2.63. The van der Waals surface area contributed by atoms with Gasteiger partial charge in [0.1, 0.15) is 11.9 Å². The first kappa shape index (κ1) is 20.7. The van der Waals surface area contributed by atoms with Crippen LogP contribution in [0.4, 0.5) is 0 Å². The van der Waals surface area contributed by atoms with E-state index in [1.807, 2.05) is 45.0 Å². The third-order valence-electron chi connectivity index (χ3n) is 5.24. The minimum absolute atomic E-state index is 0.0626. The van der Waals surface area contributed by atoms with Crippen molar-refractivity contribution in [2.75, 3.05) is 13.6 Å². The number of hydrogen-bond acceptors (Lipinski definition) is 5. The molecule has 1 aromatic rings. The third kappa shape index (κ3) is 4.56. The van der Waals surface area contributed by atoms with Crippen LogP contribution in [0.25, 0.3) is 5.70 Å². The van der Waals surface area contributed by atoms with Gasteiger partial charge in [0.25, 0.3) is 0 Å². The zero-order valence-electron chi connectivity index (χ0n) is 16.8. The van der Waals surface area contributed by atoms with Crippen LogP contribution in [-0.2, 0) is 14.4 Å². The van der Waals surface area contributed by atoms with Crippen molar-refractivity contribution in [1.29, 1.82) is 0 Å². The first-order valence-corrected chi connectivity index (χ1v) is 9.08. The molecule has 6 nitrogen and oxygen atoms in total. The van der Waals surface area contributed by atoms with Crippen LogP contribution in [0.3, 0.4) is 0 Å². The second-order valence-electron chi connectivity index (χ2n) is 7.85. The van der Waals surface area contributed by atoms with E-state index >= 15 is 0 Å². The molecule has 6 heteroatoms. The lowest BCUT2D eigenvalue weighted by Crippen LogP contribution is -2.40. The van der Waals surface area contributed by atoms with Gasteiger partial charge in [0.15, 0.2) is 0 Å². The molecule has 2 atom stereocenters. The molecule has 0 aromatic heterocycles. The van der Waals surface area contributed by atoms with E-state index in [4.69, 9.17) is 10.6 Å². The fraction of sp³-hybridized carbons (Fsp3) is 0.476. The van der Waals surface area contributed by atoms with Crippen molar-refractivity contribution >= 4 is 23.1 Å². The monoisotopic (exact) mass is 371 g/mol. The average Bonchev–Trinajstić information content (AvgIpc) is 2.89. The van der Waals surface area contributed by atoms with Gasteiger partial charge in [-0.25, -0.2) is 0 Å². The summed E-state index contributed by atoms with van der Waals surface area (Å²) in [5.41, 5.74) is 8.39. The highest BCUT2D eigenvalue weighted by molar-refractivity contribution is 6.05. The van der Waals surface area contributed by atoms with Crippen molar-refractivity contribution in [2.24, 2.45) is 22.2 Å². The van der Waals surface area contributed by atoms with Crippen LogP contribution in [0, 0.1) is 11.3 Å². The van der Waals surface area contributed by atoms with Crippen LogP contribution in [0.15, 0.2) is 36.0 Å². The summed E-state index contributed by atoms with van der Waals surface area (Å²) in [6.45, 7) is 11.5. The molecular weight excluding hydrogens is 342 g/mol. The average molecular weight is 371 g/mol. The highest BCUT2D eigenvalue weighted by Crippen LogP contribution is 2.36. The van der Waals surface area contributed by atoms with Crippen molar-refractivity contribution in [3.8, 4) is 0 Å². The van der Waals surface area contributed by atoms with Gasteiger partial charge in [-0.05, 0) is 12.5 Å². The summed E-state index contributed by atoms with van der Waals surface area (Å²) in [7, 11) is 1.71. The number of nitrogens with zero attached hydrogens (tertiary/aromatic N) is 2. The van der Waals surface area contributed by atoms with Gasteiger partial charge >= 0.3 is 0 Å². The van der Waals surface area contributed by atoms with E-state index in [1.54, 1.807) is 11.9 Å². The van der Waals surface area contributed by atoms with E-state index in [9.17, 15) is 9.59 Å². The van der Waals surface area contributed by atoms with E-state index in [0.29, 0.717) is 12.2 Å². The lowest BCUT2D eigenvalue weighted by atomic mass is 9.77. The molecule has 1 aliphatic heterocycles. The Labute approximate surface area is 161 Å². The predicted octanol–water partition coefficient (Wildman–Crippen LogP) is 2.82. The summed E-state index contributed by atoms with van der Waals surface area (Å²) in [5, 5.41) is 4.25. The van der Waals surface area contributed by atoms with Crippen molar-refractivity contribution in [3.05, 3.63) is 42.0 Å². The molecule has 0 spiro atoms. The maximum Gasteiger partial charge on any atom is 0.226 e. The van der Waals surface area contributed by atoms with Crippen LogP contribution < -0.4 is 5.73 Å². The molecule has 0 radical (unpaired) electrons. The molecule has 1 amide bonds. The van der Waals surface area contributed by atoms with E-state index in [2.05, 4.69) is 11.7 Å². The molecule has 0 aliphatic carbocycles. The largest absolute Gasteiger partial charge is 0.399 e. The smallest absolute Gasteiger partial charge is 0.226 e. The lowest BCUT2D eigenvalue weighted by molar-refractivity contribution is -0.135. The Morgan fingerprint density at radius 2 is 1.93 bits per heavy atom. The summed E-state index contributed by atoms with van der Waals surface area (Å²) >= 11 is 0. The maximum atomic E-state index is 12.6. The van der Waals surface area contributed by atoms with Crippen molar-refractivity contribution in [1.82, 2.24) is 4.90 Å². The Kier molecular flexibility index (Phi) is 6.08. The number of ketones is 1. The van der Waals surface area contributed by atoms with Crippen LogP contribution in [0.2, 0.25) is 0 Å². The SMILES string of the molecule is C=C(N)c1ccc(C2=NOC(CC(=O)N(C)CC(C)C(C)=O)C2(C)C)cc1. The number of nitrogens with two attached hydrogens (primary N) is 1. The normalized spacial score (nSPS) is 19.0. The van der Waals surface area contributed by atoms with Gasteiger partial charge in [-0.2, -0.15) is 0 Å². The summed E-state index contributed by atoms with van der Waals surface area (Å²) < 4.78 is 0. The molecule has 0 saturated carbocycles. The molecule has 27 heavy (non-hydrogen) atoms. The molecule has 0 saturated heterocycles. The van der Waals surface area contributed by atoms with Crippen molar-refractivity contribution in [2.45, 2.75) is 40.2 Å². The Morgan fingerprint density at radius 1 is 1.33 bits per heavy atom. The molecule has 0 bridgehead atoms. The van der Waals surface area contributed by atoms with Gasteiger partial charge in [0.2, 0.25) is 5.91 Å². The van der Waals surface area contributed by atoms with Gasteiger partial charge in [0, 0.05) is 30.8 Å². The highest BCUT2D eigenvalue weighted by atomic mass is 16.6. The van der Waals surface area contributed by atoms with E-state index in [1.165, 1.54) is 6.92 Å². The van der Waals surface area contributed by atoms with E-state index in [-0.39, 0.29) is 30.1 Å². The van der Waals surface area contributed by atoms with E-state index < -0.39 is 5.41 Å². The van der Waals surface area contributed by atoms with Crippen LogP contribution in [-0.4, -0.2) is 42.0 Å². The Bertz CT molecular complexity index is 765. The zero-order valence-corrected chi connectivity index (χ0v) is 16.8. The second kappa shape index (κ2) is 7.94. The third-order valence-corrected chi connectivity index (χ3v) is 5.24. The first-order valence-electron chi connectivity index (χ1n) is 9.08.